The van der Waals surface area contributed by atoms with E-state index < -0.39 is 0 Å². The predicted octanol–water partition coefficient (Wildman–Crippen LogP) is 2.99. The number of fused-ring (bicyclic) bond motifs is 3. The van der Waals surface area contributed by atoms with Crippen LogP contribution in [0, 0.1) is 0 Å². The minimum Gasteiger partial charge on any atom is -0.394 e. The summed E-state index contributed by atoms with van der Waals surface area (Å²) in [6, 6.07) is 18.4. The summed E-state index contributed by atoms with van der Waals surface area (Å²) in [4.78, 5) is 0. The van der Waals surface area contributed by atoms with E-state index >= 15 is 0 Å². The third-order valence-corrected chi connectivity index (χ3v) is 3.40. The second-order valence-corrected chi connectivity index (χ2v) is 4.56. The lowest BCUT2D eigenvalue weighted by Gasteiger charge is -2.11. The Kier molecular flexibility index (Phi) is 2.74. The summed E-state index contributed by atoms with van der Waals surface area (Å²) < 4.78 is 0. The SMILES string of the molecule is N[C@@H](CO)c1ccc2ccc3ccccc3c2c1. The van der Waals surface area contributed by atoms with Crippen LogP contribution in [0.15, 0.2) is 54.6 Å². The summed E-state index contributed by atoms with van der Waals surface area (Å²) in [6.07, 6.45) is 0. The van der Waals surface area contributed by atoms with Crippen molar-refractivity contribution in [2.45, 2.75) is 6.04 Å². The van der Waals surface area contributed by atoms with E-state index in [1.807, 2.05) is 18.2 Å². The lowest BCUT2D eigenvalue weighted by Crippen LogP contribution is -2.14. The largest absolute Gasteiger partial charge is 0.394 e. The molecule has 18 heavy (non-hydrogen) atoms. The van der Waals surface area contributed by atoms with Gasteiger partial charge in [-0.2, -0.15) is 0 Å². The van der Waals surface area contributed by atoms with Gasteiger partial charge in [0.2, 0.25) is 0 Å². The number of aliphatic hydroxyl groups excluding tert-OH is 1. The van der Waals surface area contributed by atoms with Crippen molar-refractivity contribution in [1.29, 1.82) is 0 Å². The van der Waals surface area contributed by atoms with Crippen LogP contribution >= 0.6 is 0 Å². The number of nitrogens with two attached hydrogens (primary N) is 1. The van der Waals surface area contributed by atoms with Crippen molar-refractivity contribution in [3.63, 3.8) is 0 Å². The number of aliphatic hydroxyl groups is 1. The Hall–Kier alpha value is -1.90. The molecule has 0 radical (unpaired) electrons. The Balaban J connectivity index is 2.33. The summed E-state index contributed by atoms with van der Waals surface area (Å²) >= 11 is 0. The van der Waals surface area contributed by atoms with Gasteiger partial charge < -0.3 is 10.8 Å². The molecule has 3 aromatic rings. The van der Waals surface area contributed by atoms with Crippen LogP contribution in [-0.4, -0.2) is 11.7 Å². The van der Waals surface area contributed by atoms with Crippen LogP contribution in [0.25, 0.3) is 21.5 Å². The van der Waals surface area contributed by atoms with Crippen molar-refractivity contribution >= 4 is 21.5 Å². The molecule has 2 heteroatoms. The predicted molar refractivity (Wildman–Crippen MR) is 75.5 cm³/mol. The van der Waals surface area contributed by atoms with Crippen LogP contribution in [0.2, 0.25) is 0 Å². The van der Waals surface area contributed by atoms with E-state index in [2.05, 4.69) is 36.4 Å². The molecule has 0 saturated carbocycles. The summed E-state index contributed by atoms with van der Waals surface area (Å²) in [5.41, 5.74) is 6.85. The van der Waals surface area contributed by atoms with Gasteiger partial charge in [0.15, 0.2) is 0 Å². The summed E-state index contributed by atoms with van der Waals surface area (Å²) in [6.45, 7) is -0.0315. The molecule has 0 bridgehead atoms. The first kappa shape index (κ1) is 11.2. The summed E-state index contributed by atoms with van der Waals surface area (Å²) in [5, 5.41) is 14.0. The summed E-state index contributed by atoms with van der Waals surface area (Å²) in [7, 11) is 0. The lowest BCUT2D eigenvalue weighted by atomic mass is 9.98. The van der Waals surface area contributed by atoms with E-state index in [-0.39, 0.29) is 12.6 Å². The molecule has 0 heterocycles. The number of rotatable bonds is 2. The second kappa shape index (κ2) is 4.41. The molecule has 2 nitrogen and oxygen atoms in total. The smallest absolute Gasteiger partial charge is 0.0624 e. The molecule has 0 unspecified atom stereocenters. The molecule has 3 rings (SSSR count). The highest BCUT2D eigenvalue weighted by molar-refractivity contribution is 6.07. The molecule has 1 atom stereocenters. The highest BCUT2D eigenvalue weighted by atomic mass is 16.3. The van der Waals surface area contributed by atoms with Crippen LogP contribution in [-0.2, 0) is 0 Å². The number of benzene rings is 3. The van der Waals surface area contributed by atoms with E-state index in [1.165, 1.54) is 21.5 Å². The van der Waals surface area contributed by atoms with E-state index in [9.17, 15) is 0 Å². The highest BCUT2D eigenvalue weighted by Gasteiger charge is 2.06. The van der Waals surface area contributed by atoms with Crippen LogP contribution in [0.1, 0.15) is 11.6 Å². The van der Waals surface area contributed by atoms with Gasteiger partial charge in [-0.3, -0.25) is 0 Å². The second-order valence-electron chi connectivity index (χ2n) is 4.56. The van der Waals surface area contributed by atoms with Crippen molar-refractivity contribution < 1.29 is 5.11 Å². The zero-order valence-corrected chi connectivity index (χ0v) is 10.0. The average Bonchev–Trinajstić information content (AvgIpc) is 2.45. The molecule has 0 aliphatic heterocycles. The average molecular weight is 237 g/mol. The number of hydrogen-bond donors (Lipinski definition) is 2. The van der Waals surface area contributed by atoms with Crippen LogP contribution in [0.4, 0.5) is 0 Å². The Bertz CT molecular complexity index is 706. The first-order valence-electron chi connectivity index (χ1n) is 6.07. The zero-order chi connectivity index (χ0) is 12.5. The molecule has 90 valence electrons. The summed E-state index contributed by atoms with van der Waals surface area (Å²) in [5.74, 6) is 0. The van der Waals surface area contributed by atoms with Crippen molar-refractivity contribution in [3.05, 3.63) is 60.2 Å². The Labute approximate surface area is 106 Å². The quantitative estimate of drug-likeness (QED) is 0.673. The normalized spacial score (nSPS) is 13.0. The molecule has 0 aliphatic rings. The fourth-order valence-electron chi connectivity index (χ4n) is 2.36. The third kappa shape index (κ3) is 1.76. The molecule has 3 aromatic carbocycles. The Morgan fingerprint density at radius 2 is 1.56 bits per heavy atom. The van der Waals surface area contributed by atoms with Gasteiger partial charge in [0.1, 0.15) is 0 Å². The van der Waals surface area contributed by atoms with Crippen molar-refractivity contribution in [2.75, 3.05) is 6.61 Å². The van der Waals surface area contributed by atoms with E-state index in [0.29, 0.717) is 0 Å². The lowest BCUT2D eigenvalue weighted by molar-refractivity contribution is 0.268. The van der Waals surface area contributed by atoms with Gasteiger partial charge in [0, 0.05) is 0 Å². The molecule has 0 aliphatic carbocycles. The first-order chi connectivity index (χ1) is 8.79. The fraction of sp³-hybridized carbons (Fsp3) is 0.125. The minimum absolute atomic E-state index is 0.0315. The zero-order valence-electron chi connectivity index (χ0n) is 10.0. The maximum Gasteiger partial charge on any atom is 0.0624 e. The van der Waals surface area contributed by atoms with Gasteiger partial charge in [0.25, 0.3) is 0 Å². The maximum absolute atomic E-state index is 9.15. The number of hydrogen-bond acceptors (Lipinski definition) is 2. The van der Waals surface area contributed by atoms with Crippen molar-refractivity contribution in [1.82, 2.24) is 0 Å². The van der Waals surface area contributed by atoms with Gasteiger partial charge in [-0.15, -0.1) is 0 Å². The minimum atomic E-state index is -0.312. The van der Waals surface area contributed by atoms with E-state index in [0.717, 1.165) is 5.56 Å². The van der Waals surface area contributed by atoms with Crippen molar-refractivity contribution in [3.8, 4) is 0 Å². The molecular formula is C16H15NO. The van der Waals surface area contributed by atoms with Gasteiger partial charge in [-0.25, -0.2) is 0 Å². The third-order valence-electron chi connectivity index (χ3n) is 3.40. The molecule has 0 fully saturated rings. The van der Waals surface area contributed by atoms with Crippen molar-refractivity contribution in [2.24, 2.45) is 5.73 Å². The van der Waals surface area contributed by atoms with Gasteiger partial charge >= 0.3 is 0 Å². The van der Waals surface area contributed by atoms with Crippen LogP contribution < -0.4 is 5.73 Å². The molecule has 0 saturated heterocycles. The van der Waals surface area contributed by atoms with E-state index in [1.54, 1.807) is 0 Å². The van der Waals surface area contributed by atoms with Gasteiger partial charge in [-0.1, -0.05) is 48.5 Å². The molecule has 0 aromatic heterocycles. The highest BCUT2D eigenvalue weighted by Crippen LogP contribution is 2.27. The molecule has 0 amide bonds. The Morgan fingerprint density at radius 3 is 2.33 bits per heavy atom. The first-order valence-corrected chi connectivity index (χ1v) is 6.07. The fourth-order valence-corrected chi connectivity index (χ4v) is 2.36. The maximum atomic E-state index is 9.15. The van der Waals surface area contributed by atoms with Gasteiger partial charge in [-0.05, 0) is 33.2 Å². The monoisotopic (exact) mass is 237 g/mol. The molecular weight excluding hydrogens is 222 g/mol. The van der Waals surface area contributed by atoms with Crippen LogP contribution in [0.5, 0.6) is 0 Å². The van der Waals surface area contributed by atoms with E-state index in [4.69, 9.17) is 10.8 Å². The Morgan fingerprint density at radius 1 is 0.889 bits per heavy atom. The van der Waals surface area contributed by atoms with Crippen LogP contribution in [0.3, 0.4) is 0 Å². The topological polar surface area (TPSA) is 46.2 Å². The molecule has 3 N–H and O–H groups in total. The molecule has 0 spiro atoms. The standard InChI is InChI=1S/C16H15NO/c17-16(10-18)13-8-7-12-6-5-11-3-1-2-4-14(11)15(12)9-13/h1-9,16,18H,10,17H2/t16-/m0/s1. The van der Waals surface area contributed by atoms with Gasteiger partial charge in [0.05, 0.1) is 12.6 Å².